The van der Waals surface area contributed by atoms with E-state index in [2.05, 4.69) is 84.6 Å². The van der Waals surface area contributed by atoms with Gasteiger partial charge in [-0.15, -0.1) is 0 Å². The number of hydrogen-bond donors (Lipinski definition) is 4. The highest BCUT2D eigenvalue weighted by molar-refractivity contribution is 5.93. The van der Waals surface area contributed by atoms with Crippen LogP contribution in [0.15, 0.2) is 41.0 Å². The van der Waals surface area contributed by atoms with E-state index in [-0.39, 0.29) is 11.2 Å². The second-order valence-electron chi connectivity index (χ2n) is 11.0. The van der Waals surface area contributed by atoms with Gasteiger partial charge in [0.2, 0.25) is 23.4 Å². The zero-order chi connectivity index (χ0) is 31.0. The van der Waals surface area contributed by atoms with Crippen LogP contribution in [-0.4, -0.2) is 49.8 Å². The van der Waals surface area contributed by atoms with Crippen molar-refractivity contribution in [3.05, 3.63) is 57.6 Å². The number of aromatic nitrogens is 5. The molecule has 0 aliphatic heterocycles. The van der Waals surface area contributed by atoms with Crippen molar-refractivity contribution in [2.24, 2.45) is 0 Å². The zero-order valence-electron chi connectivity index (χ0n) is 25.8. The summed E-state index contributed by atoms with van der Waals surface area (Å²) in [5.41, 5.74) is 3.47. The monoisotopic (exact) mass is 604 g/mol. The van der Waals surface area contributed by atoms with Crippen LogP contribution in [0.4, 0.5) is 29.2 Å². The number of anilines is 4. The van der Waals surface area contributed by atoms with Crippen molar-refractivity contribution in [3.8, 4) is 0 Å². The molecular weight excluding hydrogens is 560 g/mol. The fourth-order valence-electron chi connectivity index (χ4n) is 4.78. The molecule has 4 aromatic rings. The molecule has 0 atom stereocenters. The summed E-state index contributed by atoms with van der Waals surface area (Å²) in [5, 5.41) is 32.0. The Morgan fingerprint density at radius 1 is 0.682 bits per heavy atom. The predicted molar refractivity (Wildman–Crippen MR) is 174 cm³/mol. The third-order valence-corrected chi connectivity index (χ3v) is 7.31. The maximum atomic E-state index is 11.2. The third-order valence-electron chi connectivity index (χ3n) is 7.31. The molecule has 4 rings (SSSR count). The maximum absolute atomic E-state index is 11.2. The van der Waals surface area contributed by atoms with Crippen molar-refractivity contribution in [1.82, 2.24) is 25.3 Å². The number of benzene rings is 2. The lowest BCUT2D eigenvalue weighted by molar-refractivity contribution is -0.383. The van der Waals surface area contributed by atoms with E-state index in [0.29, 0.717) is 42.1 Å². The number of hydrogen-bond acceptors (Lipinski definition) is 12. The lowest BCUT2D eigenvalue weighted by Gasteiger charge is -2.12. The van der Waals surface area contributed by atoms with Crippen molar-refractivity contribution in [1.29, 1.82) is 0 Å². The number of nitrogens with one attached hydrogen (secondary N) is 4. The number of unbranched alkanes of at least 4 members (excludes halogenated alkanes) is 8. The Labute approximate surface area is 258 Å². The molecule has 0 radical (unpaired) electrons. The first-order valence-corrected chi connectivity index (χ1v) is 15.7. The van der Waals surface area contributed by atoms with Gasteiger partial charge in [0.1, 0.15) is 0 Å². The summed E-state index contributed by atoms with van der Waals surface area (Å²) < 4.78 is 4.72. The Bertz CT molecular complexity index is 1440. The van der Waals surface area contributed by atoms with E-state index in [1.807, 2.05) is 0 Å². The minimum atomic E-state index is -0.488. The summed E-state index contributed by atoms with van der Waals surface area (Å²) in [6.45, 7) is 7.24. The first-order valence-electron chi connectivity index (χ1n) is 15.7. The molecule has 236 valence electrons. The van der Waals surface area contributed by atoms with Crippen molar-refractivity contribution in [3.63, 3.8) is 0 Å². The van der Waals surface area contributed by atoms with Crippen molar-refractivity contribution >= 4 is 40.3 Å². The molecule has 0 fully saturated rings. The molecule has 0 saturated carbocycles. The summed E-state index contributed by atoms with van der Waals surface area (Å²) in [4.78, 5) is 24.5. The summed E-state index contributed by atoms with van der Waals surface area (Å²) in [6, 6.07) is 11.5. The lowest BCUT2D eigenvalue weighted by Crippen LogP contribution is -2.14. The minimum absolute atomic E-state index is 0.118. The first-order chi connectivity index (χ1) is 21.5. The average molecular weight is 605 g/mol. The highest BCUT2D eigenvalue weighted by Gasteiger charge is 2.19. The van der Waals surface area contributed by atoms with E-state index in [1.165, 1.54) is 43.7 Å². The van der Waals surface area contributed by atoms with E-state index >= 15 is 0 Å². The van der Waals surface area contributed by atoms with E-state index in [0.717, 1.165) is 50.8 Å². The van der Waals surface area contributed by atoms with Gasteiger partial charge in [-0.05, 0) is 48.1 Å². The Kier molecular flexibility index (Phi) is 12.9. The molecule has 2 heterocycles. The highest BCUT2D eigenvalue weighted by atomic mass is 16.6. The number of nitro groups is 1. The van der Waals surface area contributed by atoms with Crippen LogP contribution in [-0.2, 0) is 6.54 Å². The largest absolute Gasteiger partial charge is 0.383 e. The highest BCUT2D eigenvalue weighted by Crippen LogP contribution is 2.28. The molecule has 0 aliphatic carbocycles. The molecule has 0 aliphatic rings. The fourth-order valence-corrected chi connectivity index (χ4v) is 4.78. The van der Waals surface area contributed by atoms with Crippen LogP contribution in [0.3, 0.4) is 0 Å². The molecule has 4 N–H and O–H groups in total. The van der Waals surface area contributed by atoms with Gasteiger partial charge in [-0.3, -0.25) is 10.1 Å². The van der Waals surface area contributed by atoms with E-state index < -0.39 is 4.92 Å². The SMILES string of the molecule is CCCCCCCCNc1nc(NCCCCCCNc2ccc([N+](=O)[O-])c3nonc23)nc(NCc2ccc(C)cc2)n1. The van der Waals surface area contributed by atoms with Crippen molar-refractivity contribution in [2.75, 3.05) is 40.9 Å². The zero-order valence-corrected chi connectivity index (χ0v) is 25.8. The molecule has 2 aromatic carbocycles. The predicted octanol–water partition coefficient (Wildman–Crippen LogP) is 7.09. The molecular formula is C31H44N10O3. The van der Waals surface area contributed by atoms with Crippen LogP contribution in [0.2, 0.25) is 0 Å². The second kappa shape index (κ2) is 17.5. The van der Waals surface area contributed by atoms with Gasteiger partial charge in [0.25, 0.3) is 0 Å². The lowest BCUT2D eigenvalue weighted by atomic mass is 10.1. The number of aryl methyl sites for hydroxylation is 1. The van der Waals surface area contributed by atoms with Gasteiger partial charge in [-0.25, -0.2) is 4.63 Å². The quantitative estimate of drug-likeness (QED) is 0.0433. The van der Waals surface area contributed by atoms with Crippen molar-refractivity contribution < 1.29 is 9.55 Å². The normalized spacial score (nSPS) is 11.0. The van der Waals surface area contributed by atoms with Gasteiger partial charge in [-0.2, -0.15) is 15.0 Å². The van der Waals surface area contributed by atoms with Gasteiger partial charge < -0.3 is 21.3 Å². The van der Waals surface area contributed by atoms with E-state index in [9.17, 15) is 10.1 Å². The third kappa shape index (κ3) is 10.3. The Balaban J connectivity index is 1.20. The Morgan fingerprint density at radius 2 is 1.23 bits per heavy atom. The number of nitro benzene ring substituents is 1. The number of rotatable bonds is 21. The molecule has 0 unspecified atom stereocenters. The molecule has 0 amide bonds. The molecule has 13 heteroatoms. The van der Waals surface area contributed by atoms with Gasteiger partial charge in [0.15, 0.2) is 5.52 Å². The van der Waals surface area contributed by atoms with Crippen LogP contribution in [0.1, 0.15) is 82.3 Å². The smallest absolute Gasteiger partial charge is 0.300 e. The Hall–Kier alpha value is -4.55. The maximum Gasteiger partial charge on any atom is 0.300 e. The van der Waals surface area contributed by atoms with Crippen LogP contribution in [0, 0.1) is 17.0 Å². The summed E-state index contributed by atoms with van der Waals surface area (Å²) in [7, 11) is 0. The fraction of sp³-hybridized carbons (Fsp3) is 0.516. The number of fused-ring (bicyclic) bond motifs is 1. The summed E-state index contributed by atoms with van der Waals surface area (Å²) in [5.74, 6) is 1.68. The topological polar surface area (TPSA) is 169 Å². The summed E-state index contributed by atoms with van der Waals surface area (Å²) in [6.07, 6.45) is 11.4. The van der Waals surface area contributed by atoms with Crippen LogP contribution >= 0.6 is 0 Å². The molecule has 0 bridgehead atoms. The molecule has 0 saturated heterocycles. The number of non-ortho nitro benzene ring substituents is 1. The van der Waals surface area contributed by atoms with Crippen LogP contribution in [0.5, 0.6) is 0 Å². The minimum Gasteiger partial charge on any atom is -0.383 e. The van der Waals surface area contributed by atoms with Gasteiger partial charge in [-0.1, -0.05) is 81.7 Å². The van der Waals surface area contributed by atoms with Gasteiger partial charge in [0.05, 0.1) is 10.6 Å². The number of nitrogens with zero attached hydrogens (tertiary/aromatic N) is 6. The molecule has 2 aromatic heterocycles. The standard InChI is InChI=1S/C31H44N10O3/c1-3-4-5-6-7-11-20-33-29-36-30(38-31(37-29)35-22-24-15-13-23(2)14-16-24)34-21-12-9-8-10-19-32-25-17-18-26(41(42)43)28-27(25)39-44-40-28/h13-18,32H,3-12,19-22H2,1-2H3,(H3,33,34,35,36,37,38). The average Bonchev–Trinajstić information content (AvgIpc) is 3.52. The molecule has 44 heavy (non-hydrogen) atoms. The molecule has 13 nitrogen and oxygen atoms in total. The van der Waals surface area contributed by atoms with E-state index in [4.69, 9.17) is 4.63 Å². The second-order valence-corrected chi connectivity index (χ2v) is 11.0. The van der Waals surface area contributed by atoms with Gasteiger partial charge >= 0.3 is 5.69 Å². The van der Waals surface area contributed by atoms with Crippen LogP contribution in [0.25, 0.3) is 11.0 Å². The molecule has 0 spiro atoms. The van der Waals surface area contributed by atoms with Crippen molar-refractivity contribution in [2.45, 2.75) is 84.6 Å². The van der Waals surface area contributed by atoms with Crippen LogP contribution < -0.4 is 21.3 Å². The van der Waals surface area contributed by atoms with E-state index in [1.54, 1.807) is 6.07 Å². The summed E-state index contributed by atoms with van der Waals surface area (Å²) >= 11 is 0. The first kappa shape index (κ1) is 32.4. The van der Waals surface area contributed by atoms with Gasteiger partial charge in [0, 0.05) is 32.2 Å². The Morgan fingerprint density at radius 3 is 1.84 bits per heavy atom.